The predicted octanol–water partition coefficient (Wildman–Crippen LogP) is 2.95. The van der Waals surface area contributed by atoms with Crippen molar-refractivity contribution in [3.05, 3.63) is 60.3 Å². The van der Waals surface area contributed by atoms with Crippen LogP contribution in [0.25, 0.3) is 10.9 Å². The van der Waals surface area contributed by atoms with Crippen LogP contribution in [0.3, 0.4) is 0 Å². The number of amides is 1. The van der Waals surface area contributed by atoms with Gasteiger partial charge in [-0.25, -0.2) is 4.98 Å². The second-order valence-electron chi connectivity index (χ2n) is 4.10. The number of aromatic nitrogens is 2. The van der Waals surface area contributed by atoms with Crippen molar-refractivity contribution >= 4 is 22.5 Å². The van der Waals surface area contributed by atoms with Gasteiger partial charge in [0.15, 0.2) is 0 Å². The van der Waals surface area contributed by atoms with E-state index in [1.165, 1.54) is 18.3 Å². The Balaban J connectivity index is 1.84. The van der Waals surface area contributed by atoms with Crippen LogP contribution >= 0.6 is 0 Å². The van der Waals surface area contributed by atoms with Gasteiger partial charge in [-0.15, -0.1) is 0 Å². The first-order chi connectivity index (χ1) is 9.22. The first kappa shape index (κ1) is 11.4. The van der Waals surface area contributed by atoms with Crippen LogP contribution in [-0.4, -0.2) is 15.9 Å². The molecule has 0 saturated heterocycles. The predicted molar refractivity (Wildman–Crippen MR) is 70.4 cm³/mol. The van der Waals surface area contributed by atoms with Crippen LogP contribution in [0.5, 0.6) is 0 Å². The van der Waals surface area contributed by atoms with Crippen molar-refractivity contribution in [3.63, 3.8) is 0 Å². The smallest absolute Gasteiger partial charge is 0.255 e. The number of halogens is 1. The molecule has 5 heteroatoms. The third-order valence-corrected chi connectivity index (χ3v) is 2.80. The van der Waals surface area contributed by atoms with Crippen molar-refractivity contribution in [1.29, 1.82) is 0 Å². The zero-order valence-corrected chi connectivity index (χ0v) is 9.85. The van der Waals surface area contributed by atoms with Crippen LogP contribution in [0.1, 0.15) is 10.4 Å². The second-order valence-corrected chi connectivity index (χ2v) is 4.10. The third kappa shape index (κ3) is 2.30. The molecule has 0 aliphatic carbocycles. The molecule has 1 amide bonds. The summed E-state index contributed by atoms with van der Waals surface area (Å²) in [5, 5.41) is 3.70. The fourth-order valence-corrected chi connectivity index (χ4v) is 1.84. The van der Waals surface area contributed by atoms with Gasteiger partial charge < -0.3 is 10.3 Å². The highest BCUT2D eigenvalue weighted by Crippen LogP contribution is 2.15. The summed E-state index contributed by atoms with van der Waals surface area (Å²) in [6.45, 7) is 0. The van der Waals surface area contributed by atoms with E-state index in [4.69, 9.17) is 0 Å². The SMILES string of the molecule is O=C(Nc1ccc(F)nc1)c1ccc2cc[nH]c2c1. The molecule has 3 aromatic rings. The molecule has 3 rings (SSSR count). The summed E-state index contributed by atoms with van der Waals surface area (Å²) >= 11 is 0. The highest BCUT2D eigenvalue weighted by Gasteiger charge is 2.07. The lowest BCUT2D eigenvalue weighted by Gasteiger charge is -2.04. The molecular formula is C14H10FN3O. The van der Waals surface area contributed by atoms with Crippen LogP contribution in [0.15, 0.2) is 48.8 Å². The van der Waals surface area contributed by atoms with Gasteiger partial charge in [0, 0.05) is 17.3 Å². The average molecular weight is 255 g/mol. The van der Waals surface area contributed by atoms with Gasteiger partial charge in [0.25, 0.3) is 5.91 Å². The van der Waals surface area contributed by atoms with Gasteiger partial charge in [-0.3, -0.25) is 4.79 Å². The highest BCUT2D eigenvalue weighted by molar-refractivity contribution is 6.06. The Hall–Kier alpha value is -2.69. The number of H-pyrrole nitrogens is 1. The van der Waals surface area contributed by atoms with Crippen molar-refractivity contribution in [2.45, 2.75) is 0 Å². The number of hydrogen-bond acceptors (Lipinski definition) is 2. The number of rotatable bonds is 2. The zero-order chi connectivity index (χ0) is 13.2. The molecule has 0 fully saturated rings. The molecule has 0 bridgehead atoms. The van der Waals surface area contributed by atoms with Gasteiger partial charge >= 0.3 is 0 Å². The molecule has 1 aromatic carbocycles. The Morgan fingerprint density at radius 2 is 2.11 bits per heavy atom. The second kappa shape index (κ2) is 4.53. The lowest BCUT2D eigenvalue weighted by molar-refractivity contribution is 0.102. The number of carbonyl (C=O) groups is 1. The largest absolute Gasteiger partial charge is 0.361 e. The third-order valence-electron chi connectivity index (χ3n) is 2.80. The lowest BCUT2D eigenvalue weighted by Crippen LogP contribution is -2.12. The van der Waals surface area contributed by atoms with Crippen molar-refractivity contribution < 1.29 is 9.18 Å². The molecule has 0 spiro atoms. The lowest BCUT2D eigenvalue weighted by atomic mass is 10.1. The maximum atomic E-state index is 12.7. The average Bonchev–Trinajstić information content (AvgIpc) is 2.88. The number of aromatic amines is 1. The maximum absolute atomic E-state index is 12.7. The minimum Gasteiger partial charge on any atom is -0.361 e. The Labute approximate surface area is 108 Å². The Bertz CT molecular complexity index is 734. The molecule has 0 aliphatic heterocycles. The number of nitrogens with one attached hydrogen (secondary N) is 2. The highest BCUT2D eigenvalue weighted by atomic mass is 19.1. The van der Waals surface area contributed by atoms with Gasteiger partial charge in [-0.2, -0.15) is 4.39 Å². The summed E-state index contributed by atoms with van der Waals surface area (Å²) in [7, 11) is 0. The van der Waals surface area contributed by atoms with E-state index in [0.29, 0.717) is 11.3 Å². The van der Waals surface area contributed by atoms with E-state index in [-0.39, 0.29) is 5.91 Å². The summed E-state index contributed by atoms with van der Waals surface area (Å²) < 4.78 is 12.7. The first-order valence-corrected chi connectivity index (χ1v) is 5.72. The molecule has 0 saturated carbocycles. The molecule has 0 unspecified atom stereocenters. The van der Waals surface area contributed by atoms with Crippen LogP contribution < -0.4 is 5.32 Å². The number of benzene rings is 1. The molecule has 2 aromatic heterocycles. The molecule has 94 valence electrons. The molecule has 2 heterocycles. The number of hydrogen-bond donors (Lipinski definition) is 2. The van der Waals surface area contributed by atoms with E-state index in [2.05, 4.69) is 15.3 Å². The summed E-state index contributed by atoms with van der Waals surface area (Å²) in [6, 6.07) is 9.96. The van der Waals surface area contributed by atoms with Gasteiger partial charge in [0.1, 0.15) is 0 Å². The molecule has 19 heavy (non-hydrogen) atoms. The maximum Gasteiger partial charge on any atom is 0.255 e. The fraction of sp³-hybridized carbons (Fsp3) is 0. The zero-order valence-electron chi connectivity index (χ0n) is 9.85. The normalized spacial score (nSPS) is 10.6. The summed E-state index contributed by atoms with van der Waals surface area (Å²) in [6.07, 6.45) is 3.09. The molecular weight excluding hydrogens is 245 g/mol. The van der Waals surface area contributed by atoms with Crippen LogP contribution in [0.2, 0.25) is 0 Å². The Morgan fingerprint density at radius 1 is 1.21 bits per heavy atom. The van der Waals surface area contributed by atoms with E-state index in [1.54, 1.807) is 12.1 Å². The van der Waals surface area contributed by atoms with Gasteiger partial charge in [-0.05, 0) is 35.7 Å². The molecule has 0 radical (unpaired) electrons. The van der Waals surface area contributed by atoms with Crippen LogP contribution in [-0.2, 0) is 0 Å². The number of fused-ring (bicyclic) bond motifs is 1. The standard InChI is InChI=1S/C14H10FN3O/c15-13-4-3-11(8-17-13)18-14(19)10-2-1-9-5-6-16-12(9)7-10/h1-8,16H,(H,18,19). The van der Waals surface area contributed by atoms with Crippen molar-refractivity contribution in [2.24, 2.45) is 0 Å². The fourth-order valence-electron chi connectivity index (χ4n) is 1.84. The Kier molecular flexibility index (Phi) is 2.72. The molecule has 0 atom stereocenters. The molecule has 0 aliphatic rings. The summed E-state index contributed by atoms with van der Waals surface area (Å²) in [5.74, 6) is -0.837. The summed E-state index contributed by atoms with van der Waals surface area (Å²) in [4.78, 5) is 18.5. The molecule has 2 N–H and O–H groups in total. The van der Waals surface area contributed by atoms with Gasteiger partial charge in [-0.1, -0.05) is 6.07 Å². The number of pyridine rings is 1. The van der Waals surface area contributed by atoms with E-state index in [0.717, 1.165) is 10.9 Å². The van der Waals surface area contributed by atoms with Crippen molar-refractivity contribution in [1.82, 2.24) is 9.97 Å². The minimum absolute atomic E-state index is 0.259. The quantitative estimate of drug-likeness (QED) is 0.692. The Morgan fingerprint density at radius 3 is 2.89 bits per heavy atom. The number of carbonyl (C=O) groups excluding carboxylic acids is 1. The topological polar surface area (TPSA) is 57.8 Å². The monoisotopic (exact) mass is 255 g/mol. The van der Waals surface area contributed by atoms with Crippen molar-refractivity contribution in [2.75, 3.05) is 5.32 Å². The van der Waals surface area contributed by atoms with Crippen LogP contribution in [0, 0.1) is 5.95 Å². The van der Waals surface area contributed by atoms with Gasteiger partial charge in [0.05, 0.1) is 11.9 Å². The van der Waals surface area contributed by atoms with E-state index < -0.39 is 5.95 Å². The van der Waals surface area contributed by atoms with E-state index >= 15 is 0 Å². The number of anilines is 1. The van der Waals surface area contributed by atoms with E-state index in [1.807, 2.05) is 18.3 Å². The van der Waals surface area contributed by atoms with Crippen molar-refractivity contribution in [3.8, 4) is 0 Å². The minimum atomic E-state index is -0.578. The van der Waals surface area contributed by atoms with E-state index in [9.17, 15) is 9.18 Å². The first-order valence-electron chi connectivity index (χ1n) is 5.72. The number of nitrogens with zero attached hydrogens (tertiary/aromatic N) is 1. The van der Waals surface area contributed by atoms with Gasteiger partial charge in [0.2, 0.25) is 5.95 Å². The van der Waals surface area contributed by atoms with Crippen LogP contribution in [0.4, 0.5) is 10.1 Å². The molecule has 4 nitrogen and oxygen atoms in total. The summed E-state index contributed by atoms with van der Waals surface area (Å²) in [5.41, 5.74) is 1.88.